The zero-order valence-corrected chi connectivity index (χ0v) is 20.0. The number of fused-ring (bicyclic) bond motifs is 1. The second-order valence-electron chi connectivity index (χ2n) is 7.06. The molecule has 0 fully saturated rings. The molecule has 0 bridgehead atoms. The Morgan fingerprint density at radius 3 is 2.64 bits per heavy atom. The van der Waals surface area contributed by atoms with Gasteiger partial charge in [-0.25, -0.2) is 9.78 Å². The van der Waals surface area contributed by atoms with Crippen molar-refractivity contribution < 1.29 is 14.3 Å². The lowest BCUT2D eigenvalue weighted by Crippen LogP contribution is -2.21. The third-order valence-corrected chi connectivity index (χ3v) is 7.14. The minimum absolute atomic E-state index is 0.250. The Morgan fingerprint density at radius 2 is 1.88 bits per heavy atom. The number of thiophene rings is 1. The number of ether oxygens (including phenoxy) is 1. The Bertz CT molecular complexity index is 1410. The number of aromatic nitrogens is 2. The maximum absolute atomic E-state index is 12.6. The van der Waals surface area contributed by atoms with E-state index in [-0.39, 0.29) is 10.4 Å². The molecular formula is C23H18ClN3O4S2. The van der Waals surface area contributed by atoms with Crippen molar-refractivity contribution in [1.29, 1.82) is 0 Å². The van der Waals surface area contributed by atoms with Crippen molar-refractivity contribution in [1.82, 2.24) is 9.97 Å². The molecule has 0 saturated heterocycles. The van der Waals surface area contributed by atoms with Crippen LogP contribution in [0.4, 0.5) is 5.69 Å². The number of nitrogens with one attached hydrogen (secondary N) is 2. The van der Waals surface area contributed by atoms with Gasteiger partial charge in [-0.2, -0.15) is 0 Å². The predicted molar refractivity (Wildman–Crippen MR) is 131 cm³/mol. The molecule has 0 radical (unpaired) electrons. The highest BCUT2D eigenvalue weighted by atomic mass is 35.5. The molecule has 0 unspecified atom stereocenters. The van der Waals surface area contributed by atoms with E-state index in [1.165, 1.54) is 11.8 Å². The summed E-state index contributed by atoms with van der Waals surface area (Å²) in [5, 5.41) is 3.78. The Morgan fingerprint density at radius 1 is 1.15 bits per heavy atom. The van der Waals surface area contributed by atoms with Crippen LogP contribution in [0.15, 0.2) is 63.1 Å². The first kappa shape index (κ1) is 23.0. The maximum Gasteiger partial charge on any atom is 0.349 e. The second kappa shape index (κ2) is 9.78. The molecule has 0 atom stereocenters. The first-order chi connectivity index (χ1) is 15.8. The molecule has 2 heterocycles. The predicted octanol–water partition coefficient (Wildman–Crippen LogP) is 5.20. The van der Waals surface area contributed by atoms with Crippen LogP contribution >= 0.6 is 34.7 Å². The fraction of sp³-hybridized carbons (Fsp3) is 0.130. The summed E-state index contributed by atoms with van der Waals surface area (Å²) in [5.74, 6) is -0.687. The number of nitrogens with zero attached hydrogens (tertiary/aromatic N) is 1. The molecule has 7 nitrogen and oxygen atoms in total. The number of anilines is 1. The van der Waals surface area contributed by atoms with E-state index >= 15 is 0 Å². The van der Waals surface area contributed by atoms with Gasteiger partial charge in [0.1, 0.15) is 15.5 Å². The van der Waals surface area contributed by atoms with Crippen LogP contribution in [0.2, 0.25) is 5.02 Å². The van der Waals surface area contributed by atoms with Crippen LogP contribution < -0.4 is 10.9 Å². The average Bonchev–Trinajstić information content (AvgIpc) is 3.11. The van der Waals surface area contributed by atoms with E-state index in [0.29, 0.717) is 32.3 Å². The van der Waals surface area contributed by atoms with Crippen LogP contribution in [-0.4, -0.2) is 28.5 Å². The number of carbonyl (C=O) groups is 2. The molecule has 2 N–H and O–H groups in total. The number of esters is 1. The molecule has 2 aromatic heterocycles. The van der Waals surface area contributed by atoms with Gasteiger partial charge in [-0.05, 0) is 55.8 Å². The molecule has 4 aromatic rings. The SMILES string of the molecule is Cc1nc2sc(C(=O)OCC(=O)Nc3ccccc3Sc3ccc(Cl)cc3)c(C)c2c(=O)[nH]1. The largest absolute Gasteiger partial charge is 0.451 e. The fourth-order valence-electron chi connectivity index (χ4n) is 3.12. The topological polar surface area (TPSA) is 101 Å². The van der Waals surface area contributed by atoms with Crippen LogP contribution in [0.5, 0.6) is 0 Å². The Balaban J connectivity index is 1.43. The number of halogens is 1. The van der Waals surface area contributed by atoms with Gasteiger partial charge in [0.25, 0.3) is 11.5 Å². The van der Waals surface area contributed by atoms with Crippen molar-refractivity contribution in [3.05, 3.63) is 80.2 Å². The fourth-order valence-corrected chi connectivity index (χ4v) is 5.27. The van der Waals surface area contributed by atoms with Gasteiger partial charge >= 0.3 is 5.97 Å². The van der Waals surface area contributed by atoms with Gasteiger partial charge in [-0.3, -0.25) is 9.59 Å². The van der Waals surface area contributed by atoms with Gasteiger partial charge in [0.2, 0.25) is 0 Å². The van der Waals surface area contributed by atoms with Crippen LogP contribution in [-0.2, 0) is 9.53 Å². The molecule has 10 heteroatoms. The molecule has 0 aliphatic heterocycles. The number of rotatable bonds is 6. The zero-order valence-electron chi connectivity index (χ0n) is 17.6. The number of benzene rings is 2. The summed E-state index contributed by atoms with van der Waals surface area (Å²) in [6.07, 6.45) is 0. The number of amides is 1. The van der Waals surface area contributed by atoms with Crippen molar-refractivity contribution in [2.24, 2.45) is 0 Å². The summed E-state index contributed by atoms with van der Waals surface area (Å²) >= 11 is 8.48. The second-order valence-corrected chi connectivity index (χ2v) is 9.61. The maximum atomic E-state index is 12.6. The zero-order chi connectivity index (χ0) is 23.5. The minimum Gasteiger partial charge on any atom is -0.451 e. The molecule has 0 aliphatic carbocycles. The highest BCUT2D eigenvalue weighted by Gasteiger charge is 2.21. The van der Waals surface area contributed by atoms with E-state index in [1.54, 1.807) is 38.1 Å². The summed E-state index contributed by atoms with van der Waals surface area (Å²) in [6, 6.07) is 14.7. The van der Waals surface area contributed by atoms with Gasteiger partial charge < -0.3 is 15.0 Å². The van der Waals surface area contributed by atoms with Crippen molar-refractivity contribution in [3.8, 4) is 0 Å². The smallest absolute Gasteiger partial charge is 0.349 e. The van der Waals surface area contributed by atoms with Crippen LogP contribution in [0, 0.1) is 13.8 Å². The first-order valence-electron chi connectivity index (χ1n) is 9.81. The quantitative estimate of drug-likeness (QED) is 0.353. The lowest BCUT2D eigenvalue weighted by Gasteiger charge is -2.11. The molecular weight excluding hydrogens is 482 g/mol. The number of carbonyl (C=O) groups excluding carboxylic acids is 2. The van der Waals surface area contributed by atoms with Crippen molar-refractivity contribution in [2.45, 2.75) is 23.6 Å². The Labute approximate surface area is 202 Å². The molecule has 168 valence electrons. The minimum atomic E-state index is -0.675. The molecule has 0 spiro atoms. The molecule has 0 saturated carbocycles. The van der Waals surface area contributed by atoms with E-state index < -0.39 is 18.5 Å². The average molecular weight is 500 g/mol. The summed E-state index contributed by atoms with van der Waals surface area (Å²) in [5.41, 5.74) is 0.777. The molecule has 1 amide bonds. The van der Waals surface area contributed by atoms with E-state index in [9.17, 15) is 14.4 Å². The standard InChI is InChI=1S/C23H18ClN3O4S2/c1-12-19-21(29)25-13(2)26-22(19)33-20(12)23(30)31-11-18(28)27-16-5-3-4-6-17(16)32-15-9-7-14(24)8-10-15/h3-10H,11H2,1-2H3,(H,27,28)(H,25,26,29). The third-order valence-electron chi connectivity index (χ3n) is 4.64. The van der Waals surface area contributed by atoms with Gasteiger partial charge in [0, 0.05) is 14.8 Å². The number of para-hydroxylation sites is 1. The monoisotopic (exact) mass is 499 g/mol. The number of aryl methyl sites for hydroxylation is 2. The molecule has 2 aromatic carbocycles. The van der Waals surface area contributed by atoms with Gasteiger partial charge in [0.15, 0.2) is 6.61 Å². The third kappa shape index (κ3) is 5.27. The summed E-state index contributed by atoms with van der Waals surface area (Å²) in [7, 11) is 0. The van der Waals surface area contributed by atoms with Crippen LogP contribution in [0.1, 0.15) is 21.1 Å². The van der Waals surface area contributed by atoms with E-state index in [4.69, 9.17) is 16.3 Å². The number of hydrogen-bond donors (Lipinski definition) is 2. The first-order valence-corrected chi connectivity index (χ1v) is 11.8. The van der Waals surface area contributed by atoms with Crippen molar-refractivity contribution in [2.75, 3.05) is 11.9 Å². The lowest BCUT2D eigenvalue weighted by molar-refractivity contribution is -0.119. The normalized spacial score (nSPS) is 10.9. The number of hydrogen-bond acceptors (Lipinski definition) is 7. The van der Waals surface area contributed by atoms with Crippen molar-refractivity contribution in [3.63, 3.8) is 0 Å². The Kier molecular flexibility index (Phi) is 6.83. The van der Waals surface area contributed by atoms with E-state index in [0.717, 1.165) is 21.1 Å². The lowest BCUT2D eigenvalue weighted by atomic mass is 10.2. The molecule has 4 rings (SSSR count). The number of H-pyrrole nitrogens is 1. The summed E-state index contributed by atoms with van der Waals surface area (Å²) in [4.78, 5) is 46.6. The summed E-state index contributed by atoms with van der Waals surface area (Å²) in [6.45, 7) is 2.86. The van der Waals surface area contributed by atoms with Crippen molar-refractivity contribution >= 4 is 62.5 Å². The van der Waals surface area contributed by atoms with E-state index in [2.05, 4.69) is 15.3 Å². The number of aromatic amines is 1. The van der Waals surface area contributed by atoms with Gasteiger partial charge in [0.05, 0.1) is 11.1 Å². The Hall–Kier alpha value is -3.14. The van der Waals surface area contributed by atoms with Crippen LogP contribution in [0.3, 0.4) is 0 Å². The van der Waals surface area contributed by atoms with E-state index in [1.807, 2.05) is 24.3 Å². The van der Waals surface area contributed by atoms with Gasteiger partial charge in [-0.1, -0.05) is 35.5 Å². The van der Waals surface area contributed by atoms with Gasteiger partial charge in [-0.15, -0.1) is 11.3 Å². The highest BCUT2D eigenvalue weighted by Crippen LogP contribution is 2.34. The summed E-state index contributed by atoms with van der Waals surface area (Å²) < 4.78 is 5.21. The highest BCUT2D eigenvalue weighted by molar-refractivity contribution is 7.99. The molecule has 0 aliphatic rings. The molecule has 33 heavy (non-hydrogen) atoms. The van der Waals surface area contributed by atoms with Crippen LogP contribution in [0.25, 0.3) is 10.2 Å².